The van der Waals surface area contributed by atoms with Gasteiger partial charge in [0.25, 0.3) is 0 Å². The molecule has 2 unspecified atom stereocenters. The quantitative estimate of drug-likeness (QED) is 0.537. The first-order chi connectivity index (χ1) is 16.2. The predicted molar refractivity (Wildman–Crippen MR) is 120 cm³/mol. The molecule has 0 spiro atoms. The molecule has 3 aliphatic rings. The van der Waals surface area contributed by atoms with Crippen molar-refractivity contribution in [3.63, 3.8) is 0 Å². The zero-order chi connectivity index (χ0) is 24.3. The first-order valence-electron chi connectivity index (χ1n) is 11.6. The van der Waals surface area contributed by atoms with Crippen LogP contribution in [-0.4, -0.2) is 58.1 Å². The van der Waals surface area contributed by atoms with Crippen molar-refractivity contribution in [2.45, 2.75) is 63.7 Å². The topological polar surface area (TPSA) is 126 Å². The van der Waals surface area contributed by atoms with Crippen molar-refractivity contribution in [1.82, 2.24) is 0 Å². The van der Waals surface area contributed by atoms with E-state index in [1.54, 1.807) is 31.2 Å². The summed E-state index contributed by atoms with van der Waals surface area (Å²) in [5.74, 6) is -0.237. The van der Waals surface area contributed by atoms with Gasteiger partial charge in [-0.2, -0.15) is 0 Å². The van der Waals surface area contributed by atoms with Crippen LogP contribution in [0.25, 0.3) is 0 Å². The molecule has 0 bridgehead atoms. The molecule has 0 aromatic heterocycles. The van der Waals surface area contributed by atoms with Crippen molar-refractivity contribution in [1.29, 1.82) is 0 Å². The average Bonchev–Trinajstić information content (AvgIpc) is 2.83. The molecule has 8 nitrogen and oxygen atoms in total. The Morgan fingerprint density at radius 1 is 1.00 bits per heavy atom. The van der Waals surface area contributed by atoms with Crippen molar-refractivity contribution < 1.29 is 39.4 Å². The molecule has 2 aliphatic carbocycles. The molecule has 34 heavy (non-hydrogen) atoms. The second-order valence-electron chi connectivity index (χ2n) is 9.66. The Balaban J connectivity index is 1.58. The minimum atomic E-state index is -1.49. The van der Waals surface area contributed by atoms with Crippen molar-refractivity contribution in [3.05, 3.63) is 63.7 Å². The van der Waals surface area contributed by atoms with E-state index in [9.17, 15) is 25.2 Å². The lowest BCUT2D eigenvalue weighted by Crippen LogP contribution is -2.54. The monoisotopic (exact) mass is 470 g/mol. The lowest BCUT2D eigenvalue weighted by molar-refractivity contribution is -0.340. The van der Waals surface area contributed by atoms with E-state index in [0.717, 1.165) is 12.0 Å². The summed E-state index contributed by atoms with van der Waals surface area (Å²) in [7, 11) is 1.49. The average molecular weight is 471 g/mol. The Morgan fingerprint density at radius 3 is 2.50 bits per heavy atom. The highest BCUT2D eigenvalue weighted by Crippen LogP contribution is 2.47. The number of ketones is 1. The number of aliphatic hydroxyl groups excluding tert-OH is 4. The molecule has 182 valence electrons. The molecule has 0 saturated carbocycles. The Hall–Kier alpha value is -2.33. The van der Waals surface area contributed by atoms with Gasteiger partial charge in [0.2, 0.25) is 0 Å². The summed E-state index contributed by atoms with van der Waals surface area (Å²) in [6, 6.07) is 8.80. The van der Waals surface area contributed by atoms with Gasteiger partial charge in [-0.25, -0.2) is 0 Å². The van der Waals surface area contributed by atoms with Crippen LogP contribution in [0.5, 0.6) is 5.75 Å². The number of ether oxygens (including phenoxy) is 3. The normalized spacial score (nSPS) is 34.7. The van der Waals surface area contributed by atoms with Crippen LogP contribution >= 0.6 is 0 Å². The van der Waals surface area contributed by atoms with Gasteiger partial charge in [0.1, 0.15) is 24.1 Å². The molecule has 2 aromatic carbocycles. The summed E-state index contributed by atoms with van der Waals surface area (Å²) >= 11 is 0. The summed E-state index contributed by atoms with van der Waals surface area (Å²) in [6.45, 7) is 3.70. The molecule has 0 amide bonds. The van der Waals surface area contributed by atoms with Gasteiger partial charge in [-0.3, -0.25) is 4.79 Å². The van der Waals surface area contributed by atoms with E-state index in [2.05, 4.69) is 6.92 Å². The minimum Gasteiger partial charge on any atom is -0.496 e. The van der Waals surface area contributed by atoms with E-state index in [1.807, 2.05) is 6.07 Å². The molecule has 0 radical (unpaired) electrons. The molecule has 1 heterocycles. The molecule has 8 atom stereocenters. The Bertz CT molecular complexity index is 1110. The Kier molecular flexibility index (Phi) is 6.00. The standard InChI is InChI=1S/C26H30O8/c1-11-9-13-7-8-15-20(24(30)14-5-4-6-16(32-3)19(14)23(15)29)18(13)17(10-11)33-26-22(28)12(2)21(27)25(31)34-26/h4-8,11-12,17,21-22,24-28,30-31H,9-10H2,1-3H3/t11-,12+,17?,21+,22+,24?,25+,26+/m0/s1. The number of fused-ring (bicyclic) bond motifs is 4. The van der Waals surface area contributed by atoms with Gasteiger partial charge < -0.3 is 34.6 Å². The third-order valence-electron chi connectivity index (χ3n) is 7.42. The van der Waals surface area contributed by atoms with Gasteiger partial charge in [-0.05, 0) is 41.5 Å². The zero-order valence-electron chi connectivity index (χ0n) is 19.3. The van der Waals surface area contributed by atoms with Crippen molar-refractivity contribution in [2.75, 3.05) is 7.11 Å². The van der Waals surface area contributed by atoms with Crippen LogP contribution in [0.4, 0.5) is 0 Å². The van der Waals surface area contributed by atoms with Crippen molar-refractivity contribution >= 4 is 5.78 Å². The second kappa shape index (κ2) is 8.71. The van der Waals surface area contributed by atoms with E-state index in [1.165, 1.54) is 7.11 Å². The smallest absolute Gasteiger partial charge is 0.197 e. The van der Waals surface area contributed by atoms with Gasteiger partial charge >= 0.3 is 0 Å². The first-order valence-corrected chi connectivity index (χ1v) is 11.6. The highest BCUT2D eigenvalue weighted by Gasteiger charge is 2.45. The SMILES string of the molecule is COc1cccc2c1C(=O)c1ccc3c(c1C2O)C(O[C@@H]1O[C@@H](O)[C@H](O)[C@@H](C)[C@H]1O)C[C@@H](C)C3. The van der Waals surface area contributed by atoms with Crippen LogP contribution in [0, 0.1) is 11.8 Å². The number of benzene rings is 2. The molecular weight excluding hydrogens is 440 g/mol. The number of hydrogen-bond donors (Lipinski definition) is 4. The maximum absolute atomic E-state index is 13.5. The van der Waals surface area contributed by atoms with Crippen LogP contribution in [-0.2, 0) is 15.9 Å². The molecule has 4 N–H and O–H groups in total. The van der Waals surface area contributed by atoms with Crippen LogP contribution < -0.4 is 4.74 Å². The molecule has 8 heteroatoms. The number of carbonyl (C=O) groups is 1. The van der Waals surface area contributed by atoms with Crippen LogP contribution in [0.1, 0.15) is 70.7 Å². The Labute approximate surface area is 197 Å². The maximum atomic E-state index is 13.5. The maximum Gasteiger partial charge on any atom is 0.197 e. The van der Waals surface area contributed by atoms with Gasteiger partial charge in [-0.1, -0.05) is 38.1 Å². The number of aliphatic hydroxyl groups is 4. The van der Waals surface area contributed by atoms with E-state index >= 15 is 0 Å². The summed E-state index contributed by atoms with van der Waals surface area (Å²) in [4.78, 5) is 13.5. The van der Waals surface area contributed by atoms with Gasteiger partial charge in [0.05, 0.1) is 18.8 Å². The fourth-order valence-corrected chi connectivity index (χ4v) is 5.56. The van der Waals surface area contributed by atoms with Crippen LogP contribution in [0.2, 0.25) is 0 Å². The van der Waals surface area contributed by atoms with Crippen LogP contribution in [0.15, 0.2) is 30.3 Å². The van der Waals surface area contributed by atoms with Crippen molar-refractivity contribution in [2.24, 2.45) is 11.8 Å². The van der Waals surface area contributed by atoms with Crippen molar-refractivity contribution in [3.8, 4) is 5.75 Å². The zero-order valence-corrected chi connectivity index (χ0v) is 19.3. The van der Waals surface area contributed by atoms with E-state index < -0.39 is 42.9 Å². The third kappa shape index (κ3) is 3.57. The number of hydrogen-bond acceptors (Lipinski definition) is 8. The number of carbonyl (C=O) groups excluding carboxylic acids is 1. The van der Waals surface area contributed by atoms with E-state index in [4.69, 9.17) is 14.2 Å². The predicted octanol–water partition coefficient (Wildman–Crippen LogP) is 1.99. The molecular formula is C26H30O8. The second-order valence-corrected chi connectivity index (χ2v) is 9.66. The fourth-order valence-electron chi connectivity index (χ4n) is 5.56. The third-order valence-corrected chi connectivity index (χ3v) is 7.42. The molecule has 1 saturated heterocycles. The molecule has 1 aliphatic heterocycles. The lowest BCUT2D eigenvalue weighted by Gasteiger charge is -2.42. The molecule has 1 fully saturated rings. The highest BCUT2D eigenvalue weighted by atomic mass is 16.7. The molecule has 2 aromatic rings. The minimum absolute atomic E-state index is 0.228. The summed E-state index contributed by atoms with van der Waals surface area (Å²) in [6.07, 6.45) is -5.36. The highest BCUT2D eigenvalue weighted by molar-refractivity contribution is 6.14. The number of methoxy groups -OCH3 is 1. The van der Waals surface area contributed by atoms with Gasteiger partial charge in [0, 0.05) is 17.0 Å². The summed E-state index contributed by atoms with van der Waals surface area (Å²) in [5, 5.41) is 42.2. The first kappa shape index (κ1) is 23.4. The lowest BCUT2D eigenvalue weighted by atomic mass is 9.73. The fraction of sp³-hybridized carbons (Fsp3) is 0.500. The molecule has 5 rings (SSSR count). The Morgan fingerprint density at radius 2 is 1.76 bits per heavy atom. The van der Waals surface area contributed by atoms with Gasteiger partial charge in [0.15, 0.2) is 18.4 Å². The van der Waals surface area contributed by atoms with E-state index in [-0.39, 0.29) is 11.7 Å². The summed E-state index contributed by atoms with van der Waals surface area (Å²) < 4.78 is 17.0. The summed E-state index contributed by atoms with van der Waals surface area (Å²) in [5.41, 5.74) is 3.39. The van der Waals surface area contributed by atoms with Crippen LogP contribution in [0.3, 0.4) is 0 Å². The van der Waals surface area contributed by atoms with E-state index in [0.29, 0.717) is 40.0 Å². The largest absolute Gasteiger partial charge is 0.496 e. The number of rotatable bonds is 3. The van der Waals surface area contributed by atoms with Gasteiger partial charge in [-0.15, -0.1) is 0 Å².